The quantitative estimate of drug-likeness (QED) is 0.600. The van der Waals surface area contributed by atoms with Gasteiger partial charge in [0, 0.05) is 0 Å². The topological polar surface area (TPSA) is 0 Å². The van der Waals surface area contributed by atoms with Crippen LogP contribution in [-0.4, -0.2) is 0 Å². The minimum Gasteiger partial charge on any atom is -0.197 e. The van der Waals surface area contributed by atoms with Gasteiger partial charge in [0.05, 0.1) is 0 Å². The van der Waals surface area contributed by atoms with E-state index in [1.807, 2.05) is 0 Å². The monoisotopic (exact) mass is 378 g/mol. The van der Waals surface area contributed by atoms with Crippen molar-refractivity contribution in [2.75, 3.05) is 0 Å². The number of rotatable bonds is 0. The molecule has 0 spiro atoms. The van der Waals surface area contributed by atoms with Crippen molar-refractivity contribution in [1.82, 2.24) is 0 Å². The smallest absolute Gasteiger partial charge is 0.197 e. The van der Waals surface area contributed by atoms with E-state index >= 15 is 0 Å². The Hall–Kier alpha value is 3.09. The molecule has 6 heavy (non-hydrogen) atoms. The Labute approximate surface area is 111 Å². The van der Waals surface area contributed by atoms with Crippen molar-refractivity contribution < 1.29 is 71.2 Å². The van der Waals surface area contributed by atoms with Gasteiger partial charge in [-0.2, -0.15) is 27.0 Å². The molecule has 0 unspecified atom stereocenters. The van der Waals surface area contributed by atoms with Gasteiger partial charge in [-0.15, -0.1) is 0 Å². The fourth-order valence-electron chi connectivity index (χ4n) is 0. The summed E-state index contributed by atoms with van der Waals surface area (Å²) in [5.74, 6) is 0. The van der Waals surface area contributed by atoms with E-state index < -0.39 is 0 Å². The van der Waals surface area contributed by atoms with Crippen LogP contribution in [0.3, 0.4) is 0 Å². The summed E-state index contributed by atoms with van der Waals surface area (Å²) in [5, 5.41) is 0. The predicted octanol–water partition coefficient (Wildman–Crippen LogP) is 1.50. The molecule has 0 nitrogen and oxygen atoms in total. The molecule has 0 rings (SSSR count). The Morgan fingerprint density at radius 1 is 0.500 bits per heavy atom. The third-order valence-corrected chi connectivity index (χ3v) is 0. The van der Waals surface area contributed by atoms with Gasteiger partial charge >= 0.3 is 71.2 Å². The Morgan fingerprint density at radius 2 is 0.500 bits per heavy atom. The minimum absolute atomic E-state index is 0. The van der Waals surface area contributed by atoms with Crippen LogP contribution in [0.15, 0.2) is 0 Å². The zero-order valence-electron chi connectivity index (χ0n) is 2.15. The maximum Gasteiger partial charge on any atom is 3.00 e. The average Bonchev–Trinajstić information content (AvgIpc) is 0. The molecule has 0 N–H and O–H groups in total. The molecule has 0 bridgehead atoms. The normalized spacial score (nSPS) is 0. The van der Waals surface area contributed by atoms with Crippen LogP contribution >= 0.6 is 27.0 Å². The summed E-state index contributed by atoms with van der Waals surface area (Å²) in [6.45, 7) is 0. The van der Waals surface area contributed by atoms with Gasteiger partial charge in [-0.25, -0.2) is 0 Å². The van der Waals surface area contributed by atoms with E-state index in [0.29, 0.717) is 0 Å². The molecule has 4 heteroatoms. The first kappa shape index (κ1) is 62.3. The molecule has 0 atom stereocenters. The molecule has 0 aromatic carbocycles. The van der Waals surface area contributed by atoms with E-state index in [1.165, 1.54) is 0 Å². The third kappa shape index (κ3) is 27.5. The Bertz CT molecular complexity index is 9.51. The van der Waals surface area contributed by atoms with Gasteiger partial charge in [0.2, 0.25) is 0 Å². The summed E-state index contributed by atoms with van der Waals surface area (Å²) in [7, 11) is 0. The minimum atomic E-state index is 0. The first-order valence-electron chi connectivity index (χ1n) is 0. The van der Waals surface area contributed by atoms with Gasteiger partial charge in [-0.05, 0) is 0 Å². The fourth-order valence-corrected chi connectivity index (χ4v) is 0. The van der Waals surface area contributed by atoms with E-state index in [9.17, 15) is 0 Å². The van der Waals surface area contributed by atoms with Crippen LogP contribution < -0.4 is 0 Å². The summed E-state index contributed by atoms with van der Waals surface area (Å²) in [4.78, 5) is 0. The maximum absolute atomic E-state index is 0. The Balaban J connectivity index is 0. The van der Waals surface area contributed by atoms with Crippen LogP contribution in [-0.2, 0) is 0 Å². The standard InChI is InChI=1S/2CH4.2La.2H2S/h2*1H4;;;2*1H2/q;;2*+3;;. The van der Waals surface area contributed by atoms with Gasteiger partial charge in [-0.1, -0.05) is 14.9 Å². The molecular formula is C2H12La2S2+6. The van der Waals surface area contributed by atoms with Crippen LogP contribution in [0, 0.1) is 71.2 Å². The summed E-state index contributed by atoms with van der Waals surface area (Å²) >= 11 is 0. The van der Waals surface area contributed by atoms with Crippen molar-refractivity contribution in [3.63, 3.8) is 0 Å². The molecule has 0 heterocycles. The second-order valence-corrected chi connectivity index (χ2v) is 0. The number of hydrogen-bond acceptors (Lipinski definition) is 0. The van der Waals surface area contributed by atoms with Crippen molar-refractivity contribution in [3.05, 3.63) is 0 Å². The second kappa shape index (κ2) is 42.6. The van der Waals surface area contributed by atoms with E-state index in [2.05, 4.69) is 0 Å². The van der Waals surface area contributed by atoms with Gasteiger partial charge in [-0.3, -0.25) is 0 Å². The molecule has 0 aliphatic carbocycles. The third-order valence-electron chi connectivity index (χ3n) is 0. The molecule has 0 aliphatic rings. The summed E-state index contributed by atoms with van der Waals surface area (Å²) in [6.07, 6.45) is 0. The molecule has 0 aromatic heterocycles. The van der Waals surface area contributed by atoms with Crippen molar-refractivity contribution >= 4 is 27.0 Å². The SMILES string of the molecule is C.C.S.S.[La+3].[La+3]. The molecule has 32 valence electrons. The van der Waals surface area contributed by atoms with Crippen LogP contribution in [0.1, 0.15) is 14.9 Å². The van der Waals surface area contributed by atoms with Crippen molar-refractivity contribution in [2.45, 2.75) is 14.9 Å². The molecule has 0 aliphatic heterocycles. The van der Waals surface area contributed by atoms with E-state index in [-0.39, 0.29) is 113 Å². The Morgan fingerprint density at radius 3 is 0.500 bits per heavy atom. The molecule has 0 saturated heterocycles. The molecule has 0 fully saturated rings. The van der Waals surface area contributed by atoms with Crippen molar-refractivity contribution in [1.29, 1.82) is 0 Å². The molecule has 0 aromatic rings. The first-order chi connectivity index (χ1) is 0. The largest absolute Gasteiger partial charge is 3.00 e. The van der Waals surface area contributed by atoms with E-state index in [0.717, 1.165) is 0 Å². The molecule has 0 amide bonds. The fraction of sp³-hybridized carbons (Fsp3) is 1.00. The zero-order valence-corrected chi connectivity index (χ0v) is 11.4. The zero-order chi connectivity index (χ0) is 0. The summed E-state index contributed by atoms with van der Waals surface area (Å²) in [6, 6.07) is 0. The molecule has 0 radical (unpaired) electrons. The van der Waals surface area contributed by atoms with E-state index in [1.54, 1.807) is 0 Å². The van der Waals surface area contributed by atoms with Crippen molar-refractivity contribution in [3.8, 4) is 0 Å². The maximum atomic E-state index is 0. The van der Waals surface area contributed by atoms with Crippen LogP contribution in [0.4, 0.5) is 0 Å². The van der Waals surface area contributed by atoms with E-state index in [4.69, 9.17) is 0 Å². The van der Waals surface area contributed by atoms with Gasteiger partial charge in [0.15, 0.2) is 0 Å². The van der Waals surface area contributed by atoms with Gasteiger partial charge in [0.25, 0.3) is 0 Å². The molecular weight excluding hydrogens is 366 g/mol. The van der Waals surface area contributed by atoms with Crippen LogP contribution in [0.25, 0.3) is 0 Å². The summed E-state index contributed by atoms with van der Waals surface area (Å²) < 4.78 is 0. The Kier molecular flexibility index (Phi) is 442. The molecule has 0 saturated carbocycles. The number of hydrogen-bond donors (Lipinski definition) is 0. The second-order valence-electron chi connectivity index (χ2n) is 0. The first-order valence-corrected chi connectivity index (χ1v) is 0. The van der Waals surface area contributed by atoms with Crippen molar-refractivity contribution in [2.24, 2.45) is 0 Å². The average molecular weight is 378 g/mol. The summed E-state index contributed by atoms with van der Waals surface area (Å²) in [5.41, 5.74) is 0. The predicted molar refractivity (Wildman–Crippen MR) is 34.2 cm³/mol. The van der Waals surface area contributed by atoms with Gasteiger partial charge in [0.1, 0.15) is 0 Å². The van der Waals surface area contributed by atoms with Crippen LogP contribution in [0.5, 0.6) is 0 Å². The van der Waals surface area contributed by atoms with Gasteiger partial charge < -0.3 is 0 Å². The van der Waals surface area contributed by atoms with Crippen LogP contribution in [0.2, 0.25) is 0 Å².